The molecule has 1 aromatic carbocycles. The van der Waals surface area contributed by atoms with Crippen LogP contribution in [0.2, 0.25) is 0 Å². The smallest absolute Gasteiger partial charge is 0.269 e. The molecule has 0 spiro atoms. The summed E-state index contributed by atoms with van der Waals surface area (Å²) in [5, 5.41) is 10.3. The van der Waals surface area contributed by atoms with E-state index in [1.807, 2.05) is 36.4 Å². The molecule has 2 aliphatic rings. The van der Waals surface area contributed by atoms with Crippen molar-refractivity contribution in [2.24, 2.45) is 5.92 Å². The number of aromatic amines is 1. The van der Waals surface area contributed by atoms with Crippen LogP contribution >= 0.6 is 0 Å². The molecule has 3 heterocycles. The van der Waals surface area contributed by atoms with Crippen LogP contribution in [-0.2, 0) is 0 Å². The Morgan fingerprint density at radius 2 is 2.00 bits per heavy atom. The van der Waals surface area contributed by atoms with Gasteiger partial charge in [0.2, 0.25) is 0 Å². The maximum Gasteiger partial charge on any atom is 0.269 e. The van der Waals surface area contributed by atoms with E-state index in [-0.39, 0.29) is 5.91 Å². The number of carbonyl (C=O) groups is 1. The van der Waals surface area contributed by atoms with Gasteiger partial charge in [0.25, 0.3) is 5.91 Å². The SMILES string of the molecule is O=C(NCC1CCCN2CCCCC12)c1cc(-c2ccccc2)n[nH]1. The van der Waals surface area contributed by atoms with E-state index in [1.165, 1.54) is 45.2 Å². The number of hydrogen-bond donors (Lipinski definition) is 2. The van der Waals surface area contributed by atoms with Crippen LogP contribution in [0.25, 0.3) is 11.3 Å². The minimum atomic E-state index is -0.0531. The molecule has 2 fully saturated rings. The average molecular weight is 338 g/mol. The van der Waals surface area contributed by atoms with Gasteiger partial charge in [0.1, 0.15) is 5.69 Å². The number of amides is 1. The van der Waals surface area contributed by atoms with Crippen LogP contribution in [0.15, 0.2) is 36.4 Å². The van der Waals surface area contributed by atoms with Crippen molar-refractivity contribution in [1.82, 2.24) is 20.4 Å². The van der Waals surface area contributed by atoms with Crippen molar-refractivity contribution in [3.63, 3.8) is 0 Å². The van der Waals surface area contributed by atoms with Crippen molar-refractivity contribution in [3.05, 3.63) is 42.1 Å². The first kappa shape index (κ1) is 16.3. The monoisotopic (exact) mass is 338 g/mol. The Balaban J connectivity index is 1.37. The molecule has 4 rings (SSSR count). The molecule has 1 amide bonds. The van der Waals surface area contributed by atoms with Gasteiger partial charge in [-0.05, 0) is 50.8 Å². The first-order valence-corrected chi connectivity index (χ1v) is 9.44. The van der Waals surface area contributed by atoms with Crippen molar-refractivity contribution in [1.29, 1.82) is 0 Å². The fourth-order valence-electron chi connectivity index (χ4n) is 4.33. The summed E-state index contributed by atoms with van der Waals surface area (Å²) in [7, 11) is 0. The molecule has 0 bridgehead atoms. The van der Waals surface area contributed by atoms with Crippen molar-refractivity contribution in [2.45, 2.75) is 38.1 Å². The largest absolute Gasteiger partial charge is 0.350 e. The second-order valence-electron chi connectivity index (χ2n) is 7.24. The minimum absolute atomic E-state index is 0.0531. The Labute approximate surface area is 148 Å². The van der Waals surface area contributed by atoms with Gasteiger partial charge in [-0.25, -0.2) is 0 Å². The summed E-state index contributed by atoms with van der Waals surface area (Å²) >= 11 is 0. The number of rotatable bonds is 4. The maximum atomic E-state index is 12.5. The highest BCUT2D eigenvalue weighted by atomic mass is 16.1. The summed E-state index contributed by atoms with van der Waals surface area (Å²) in [6.45, 7) is 3.23. The summed E-state index contributed by atoms with van der Waals surface area (Å²) in [4.78, 5) is 15.1. The highest BCUT2D eigenvalue weighted by Gasteiger charge is 2.33. The third-order valence-electron chi connectivity index (χ3n) is 5.65. The number of aromatic nitrogens is 2. The molecule has 2 aliphatic heterocycles. The van der Waals surface area contributed by atoms with Gasteiger partial charge in [-0.2, -0.15) is 5.10 Å². The van der Waals surface area contributed by atoms with Crippen LogP contribution in [-0.4, -0.2) is 46.7 Å². The zero-order valence-electron chi connectivity index (χ0n) is 14.6. The van der Waals surface area contributed by atoms with E-state index in [1.54, 1.807) is 0 Å². The Morgan fingerprint density at radius 3 is 2.88 bits per heavy atom. The molecule has 0 aliphatic carbocycles. The molecule has 2 N–H and O–H groups in total. The molecule has 2 atom stereocenters. The van der Waals surface area contributed by atoms with Gasteiger partial charge in [-0.3, -0.25) is 9.89 Å². The van der Waals surface area contributed by atoms with Crippen LogP contribution in [0.1, 0.15) is 42.6 Å². The number of piperidine rings is 2. The van der Waals surface area contributed by atoms with Crippen LogP contribution in [0.5, 0.6) is 0 Å². The second kappa shape index (κ2) is 7.40. The van der Waals surface area contributed by atoms with Gasteiger partial charge < -0.3 is 10.2 Å². The summed E-state index contributed by atoms with van der Waals surface area (Å²) in [5.41, 5.74) is 2.36. The number of hydrogen-bond acceptors (Lipinski definition) is 3. The zero-order chi connectivity index (χ0) is 17.1. The van der Waals surface area contributed by atoms with E-state index in [2.05, 4.69) is 20.4 Å². The molecule has 25 heavy (non-hydrogen) atoms. The molecule has 5 nitrogen and oxygen atoms in total. The third kappa shape index (κ3) is 3.61. The lowest BCUT2D eigenvalue weighted by Crippen LogP contribution is -2.51. The lowest BCUT2D eigenvalue weighted by molar-refractivity contribution is 0.0575. The molecule has 2 unspecified atom stereocenters. The Morgan fingerprint density at radius 1 is 1.16 bits per heavy atom. The predicted octanol–water partition coefficient (Wildman–Crippen LogP) is 3.07. The van der Waals surface area contributed by atoms with Gasteiger partial charge in [0.05, 0.1) is 5.69 Å². The molecule has 0 saturated carbocycles. The fourth-order valence-corrected chi connectivity index (χ4v) is 4.33. The highest BCUT2D eigenvalue weighted by molar-refractivity contribution is 5.93. The number of H-pyrrole nitrogens is 1. The first-order valence-electron chi connectivity index (χ1n) is 9.44. The van der Waals surface area contributed by atoms with Crippen LogP contribution in [0, 0.1) is 5.92 Å². The van der Waals surface area contributed by atoms with Crippen LogP contribution in [0.3, 0.4) is 0 Å². The third-order valence-corrected chi connectivity index (χ3v) is 5.65. The van der Waals surface area contributed by atoms with Gasteiger partial charge in [0, 0.05) is 18.2 Å². The van der Waals surface area contributed by atoms with Gasteiger partial charge in [-0.15, -0.1) is 0 Å². The molecule has 1 aromatic heterocycles. The number of nitrogens with zero attached hydrogens (tertiary/aromatic N) is 2. The topological polar surface area (TPSA) is 61.0 Å². The Kier molecular flexibility index (Phi) is 4.83. The average Bonchev–Trinajstić information content (AvgIpc) is 3.17. The van der Waals surface area contributed by atoms with E-state index in [9.17, 15) is 4.79 Å². The second-order valence-corrected chi connectivity index (χ2v) is 7.24. The summed E-state index contributed by atoms with van der Waals surface area (Å²) < 4.78 is 0. The lowest BCUT2D eigenvalue weighted by atomic mass is 9.83. The predicted molar refractivity (Wildman–Crippen MR) is 98.3 cm³/mol. The van der Waals surface area contributed by atoms with Gasteiger partial charge in [0.15, 0.2) is 0 Å². The van der Waals surface area contributed by atoms with Crippen molar-refractivity contribution >= 4 is 5.91 Å². The normalized spacial score (nSPS) is 23.8. The van der Waals surface area contributed by atoms with E-state index in [0.29, 0.717) is 17.7 Å². The molecule has 0 radical (unpaired) electrons. The minimum Gasteiger partial charge on any atom is -0.350 e. The summed E-state index contributed by atoms with van der Waals surface area (Å²) in [6, 6.07) is 12.4. The fraction of sp³-hybridized carbons (Fsp3) is 0.500. The van der Waals surface area contributed by atoms with E-state index in [4.69, 9.17) is 0 Å². The van der Waals surface area contributed by atoms with E-state index < -0.39 is 0 Å². The van der Waals surface area contributed by atoms with Crippen LogP contribution in [0.4, 0.5) is 0 Å². The Hall–Kier alpha value is -2.14. The maximum absolute atomic E-state index is 12.5. The molecular weight excluding hydrogens is 312 g/mol. The molecular formula is C20H26N4O. The van der Waals surface area contributed by atoms with Crippen LogP contribution < -0.4 is 5.32 Å². The number of benzene rings is 1. The number of carbonyl (C=O) groups excluding carboxylic acids is 1. The molecule has 2 aromatic rings. The van der Waals surface area contributed by atoms with E-state index in [0.717, 1.165) is 17.8 Å². The number of nitrogens with one attached hydrogen (secondary N) is 2. The lowest BCUT2D eigenvalue weighted by Gasteiger charge is -2.44. The van der Waals surface area contributed by atoms with Gasteiger partial charge in [-0.1, -0.05) is 36.8 Å². The highest BCUT2D eigenvalue weighted by Crippen LogP contribution is 2.30. The zero-order valence-corrected chi connectivity index (χ0v) is 14.6. The van der Waals surface area contributed by atoms with Crippen molar-refractivity contribution in [3.8, 4) is 11.3 Å². The molecule has 5 heteroatoms. The summed E-state index contributed by atoms with van der Waals surface area (Å²) in [6.07, 6.45) is 6.40. The number of fused-ring (bicyclic) bond motifs is 1. The molecule has 132 valence electrons. The quantitative estimate of drug-likeness (QED) is 0.901. The molecule has 2 saturated heterocycles. The first-order chi connectivity index (χ1) is 12.3. The standard InChI is InChI=1S/C20H26N4O/c25-20(18-13-17(22-23-18)15-7-2-1-3-8-15)21-14-16-9-6-12-24-11-5-4-10-19(16)24/h1-3,7-8,13,16,19H,4-6,9-12,14H2,(H,21,25)(H,22,23). The van der Waals surface area contributed by atoms with E-state index >= 15 is 0 Å². The van der Waals surface area contributed by atoms with Crippen molar-refractivity contribution < 1.29 is 4.79 Å². The van der Waals surface area contributed by atoms with Gasteiger partial charge >= 0.3 is 0 Å². The van der Waals surface area contributed by atoms with Crippen molar-refractivity contribution in [2.75, 3.05) is 19.6 Å². The summed E-state index contributed by atoms with van der Waals surface area (Å²) in [5.74, 6) is 0.525. The Bertz CT molecular complexity index is 709.